The van der Waals surface area contributed by atoms with Crippen LogP contribution >= 0.6 is 0 Å². The molecule has 0 aromatic rings. The van der Waals surface area contributed by atoms with Crippen LogP contribution in [-0.2, 0) is 0 Å². The summed E-state index contributed by atoms with van der Waals surface area (Å²) in [5, 5.41) is 0. The Morgan fingerprint density at radius 3 is 2.05 bits per heavy atom. The number of likely N-dealkylation sites (N-methyl/N-ethyl adjacent to an activating group) is 1. The number of allylic oxidation sites excluding steroid dienone is 2. The van der Waals surface area contributed by atoms with Crippen molar-refractivity contribution in [3.05, 3.63) is 24.3 Å². The minimum Gasteiger partial charge on any atom is -0.287 e. The Bertz CT molecular complexity index is 331. The van der Waals surface area contributed by atoms with Crippen LogP contribution in [0.3, 0.4) is 0 Å². The van der Waals surface area contributed by atoms with E-state index in [4.69, 9.17) is 0 Å². The van der Waals surface area contributed by atoms with Gasteiger partial charge in [-0.2, -0.15) is 0 Å². The highest BCUT2D eigenvalue weighted by Gasteiger charge is 2.54. The van der Waals surface area contributed by atoms with Gasteiger partial charge >= 0.3 is 0 Å². The molecule has 0 amide bonds. The van der Waals surface area contributed by atoms with Gasteiger partial charge < -0.3 is 0 Å². The third-order valence-electron chi connectivity index (χ3n) is 4.76. The van der Waals surface area contributed by atoms with Gasteiger partial charge in [-0.15, -0.1) is 0 Å². The van der Waals surface area contributed by atoms with Crippen LogP contribution in [0.5, 0.6) is 0 Å². The number of hydrogen-bond donors (Lipinski definition) is 0. The van der Waals surface area contributed by atoms with Gasteiger partial charge in [0.25, 0.3) is 0 Å². The molecule has 0 bridgehead atoms. The molecule has 1 aliphatic rings. The first-order chi connectivity index (χ1) is 9.40. The number of nitrogens with zero attached hydrogens (tertiary/aromatic N) is 2. The fraction of sp³-hybridized carbons (Fsp3) is 0.778. The molecule has 0 aromatic carbocycles. The zero-order valence-electron chi connectivity index (χ0n) is 14.6. The van der Waals surface area contributed by atoms with E-state index in [2.05, 4.69) is 70.9 Å². The van der Waals surface area contributed by atoms with Crippen molar-refractivity contribution in [2.75, 3.05) is 13.1 Å². The first-order valence-corrected chi connectivity index (χ1v) is 8.24. The maximum atomic E-state index is 3.90. The van der Waals surface area contributed by atoms with Crippen molar-refractivity contribution < 1.29 is 0 Å². The minimum atomic E-state index is 0.574. The molecule has 1 fully saturated rings. The summed E-state index contributed by atoms with van der Waals surface area (Å²) in [5.41, 5.74) is 1.53. The zero-order valence-corrected chi connectivity index (χ0v) is 14.6. The second-order valence-corrected chi connectivity index (χ2v) is 6.57. The van der Waals surface area contributed by atoms with Crippen LogP contribution in [0.15, 0.2) is 24.3 Å². The van der Waals surface area contributed by atoms with E-state index in [-0.39, 0.29) is 0 Å². The molecule has 1 saturated heterocycles. The van der Waals surface area contributed by atoms with Crippen molar-refractivity contribution in [1.82, 2.24) is 9.80 Å². The summed E-state index contributed by atoms with van der Waals surface area (Å²) in [4.78, 5) is 5.27. The van der Waals surface area contributed by atoms with E-state index in [1.807, 2.05) is 6.08 Å². The summed E-state index contributed by atoms with van der Waals surface area (Å²) in [5.74, 6) is 1.27. The van der Waals surface area contributed by atoms with E-state index in [0.29, 0.717) is 30.1 Å². The van der Waals surface area contributed by atoms with Gasteiger partial charge in [-0.25, -0.2) is 0 Å². The van der Waals surface area contributed by atoms with Crippen LogP contribution in [0.4, 0.5) is 0 Å². The molecule has 0 N–H and O–H groups in total. The molecule has 0 aromatic heterocycles. The Morgan fingerprint density at radius 1 is 1.15 bits per heavy atom. The van der Waals surface area contributed by atoms with Crippen molar-refractivity contribution in [1.29, 1.82) is 0 Å². The number of hydrogen-bond acceptors (Lipinski definition) is 2. The highest BCUT2D eigenvalue weighted by Crippen LogP contribution is 2.42. The molecule has 1 heterocycles. The first kappa shape index (κ1) is 17.5. The number of rotatable bonds is 8. The lowest BCUT2D eigenvalue weighted by atomic mass is 9.98. The van der Waals surface area contributed by atoms with Gasteiger partial charge in [0.1, 0.15) is 0 Å². The fourth-order valence-electron chi connectivity index (χ4n) is 3.17. The van der Waals surface area contributed by atoms with Gasteiger partial charge in [0.2, 0.25) is 0 Å². The van der Waals surface area contributed by atoms with Gasteiger partial charge in [-0.3, -0.25) is 9.80 Å². The maximum Gasteiger partial charge on any atom is 0.0831 e. The molecular weight excluding hydrogens is 244 g/mol. The maximum absolute atomic E-state index is 3.90. The molecule has 1 unspecified atom stereocenters. The summed E-state index contributed by atoms with van der Waals surface area (Å²) < 4.78 is 0. The van der Waals surface area contributed by atoms with E-state index in [1.54, 1.807) is 0 Å². The highest BCUT2D eigenvalue weighted by atomic mass is 15.5. The van der Waals surface area contributed by atoms with Crippen LogP contribution in [-0.4, -0.2) is 41.1 Å². The van der Waals surface area contributed by atoms with Crippen LogP contribution in [0, 0.1) is 11.8 Å². The van der Waals surface area contributed by atoms with Crippen LogP contribution < -0.4 is 0 Å². The molecule has 0 aliphatic carbocycles. The van der Waals surface area contributed by atoms with Gasteiger partial charge in [-0.05, 0) is 37.4 Å². The predicted octanol–water partition coefficient (Wildman–Crippen LogP) is 4.15. The summed E-state index contributed by atoms with van der Waals surface area (Å²) in [6.07, 6.45) is 4.76. The Balaban J connectivity index is 3.01. The molecule has 2 nitrogen and oxygen atoms in total. The van der Waals surface area contributed by atoms with Crippen molar-refractivity contribution in [2.45, 2.75) is 66.7 Å². The van der Waals surface area contributed by atoms with E-state index < -0.39 is 0 Å². The van der Waals surface area contributed by atoms with E-state index in [1.165, 1.54) is 5.57 Å². The van der Waals surface area contributed by atoms with Crippen molar-refractivity contribution in [3.8, 4) is 0 Å². The third kappa shape index (κ3) is 3.53. The van der Waals surface area contributed by atoms with Crippen molar-refractivity contribution in [3.63, 3.8) is 0 Å². The predicted molar refractivity (Wildman–Crippen MR) is 89.8 cm³/mol. The Kier molecular flexibility index (Phi) is 6.47. The summed E-state index contributed by atoms with van der Waals surface area (Å²) >= 11 is 0. The standard InChI is InChI=1S/C18H34N2/c1-9-12-16(14(6)7)17-18(19(10-2)11-3)20(17)15(8)13(4)5/h9,12-15,17-18H,1,10-11H2,2-8H3/b16-12-/t15-,17+,18?,20+/m1/s1. The topological polar surface area (TPSA) is 6.25 Å². The molecule has 0 saturated carbocycles. The molecule has 1 rings (SSSR count). The van der Waals surface area contributed by atoms with Crippen molar-refractivity contribution in [2.24, 2.45) is 11.8 Å². The van der Waals surface area contributed by atoms with Crippen molar-refractivity contribution >= 4 is 0 Å². The van der Waals surface area contributed by atoms with E-state index >= 15 is 0 Å². The highest BCUT2D eigenvalue weighted by molar-refractivity contribution is 5.29. The minimum absolute atomic E-state index is 0.574. The molecule has 4 atom stereocenters. The largest absolute Gasteiger partial charge is 0.287 e. The monoisotopic (exact) mass is 278 g/mol. The lowest BCUT2D eigenvalue weighted by Gasteiger charge is -2.23. The quantitative estimate of drug-likeness (QED) is 0.486. The van der Waals surface area contributed by atoms with E-state index in [0.717, 1.165) is 13.1 Å². The molecular formula is C18H34N2. The lowest BCUT2D eigenvalue weighted by Crippen LogP contribution is -2.33. The van der Waals surface area contributed by atoms with Gasteiger partial charge in [0.15, 0.2) is 0 Å². The average molecular weight is 278 g/mol. The molecule has 0 spiro atoms. The van der Waals surface area contributed by atoms with Gasteiger partial charge in [0, 0.05) is 6.04 Å². The van der Waals surface area contributed by atoms with Crippen LogP contribution in [0.25, 0.3) is 0 Å². The van der Waals surface area contributed by atoms with Gasteiger partial charge in [-0.1, -0.05) is 60.3 Å². The SMILES string of the molecule is C=C/C=C(/C(C)C)[C@H]1C(N(CC)CC)[N@@]1[C@H](C)C(C)C. The smallest absolute Gasteiger partial charge is 0.0831 e. The Hall–Kier alpha value is -0.600. The van der Waals surface area contributed by atoms with E-state index in [9.17, 15) is 0 Å². The normalized spacial score (nSPS) is 28.3. The average Bonchev–Trinajstić information content (AvgIpc) is 3.10. The van der Waals surface area contributed by atoms with Gasteiger partial charge in [0.05, 0.1) is 12.2 Å². The Labute approximate surface area is 126 Å². The summed E-state index contributed by atoms with van der Waals surface area (Å²) in [6.45, 7) is 22.3. The third-order valence-corrected chi connectivity index (χ3v) is 4.76. The van der Waals surface area contributed by atoms with Crippen LogP contribution in [0.1, 0.15) is 48.5 Å². The molecule has 0 radical (unpaired) electrons. The summed E-state index contributed by atoms with van der Waals surface area (Å²) in [7, 11) is 0. The summed E-state index contributed by atoms with van der Waals surface area (Å²) in [6, 6.07) is 1.20. The Morgan fingerprint density at radius 2 is 1.70 bits per heavy atom. The first-order valence-electron chi connectivity index (χ1n) is 8.24. The zero-order chi connectivity index (χ0) is 15.4. The fourth-order valence-corrected chi connectivity index (χ4v) is 3.17. The lowest BCUT2D eigenvalue weighted by molar-refractivity contribution is 0.198. The second-order valence-electron chi connectivity index (χ2n) is 6.57. The van der Waals surface area contributed by atoms with Crippen LogP contribution in [0.2, 0.25) is 0 Å². The second kappa shape index (κ2) is 7.42. The molecule has 116 valence electrons. The molecule has 20 heavy (non-hydrogen) atoms. The molecule has 2 heteroatoms. The molecule has 1 aliphatic heterocycles.